The molecule has 0 unspecified atom stereocenters. The molecule has 7 nitrogen and oxygen atoms in total. The second-order valence-corrected chi connectivity index (χ2v) is 5.77. The number of hydrogen-bond acceptors (Lipinski definition) is 6. The number of thioether (sulfide) groups is 1. The number of nitrogens with zero attached hydrogens (tertiary/aromatic N) is 4. The molecule has 2 heterocycles. The number of rotatable bonds is 4. The second-order valence-electron chi connectivity index (χ2n) is 4.89. The topological polar surface area (TPSA) is 85.8 Å². The first kappa shape index (κ1) is 15.3. The van der Waals surface area contributed by atoms with E-state index in [9.17, 15) is 4.79 Å². The molecule has 0 aliphatic carbocycles. The third kappa shape index (κ3) is 3.26. The van der Waals surface area contributed by atoms with Crippen molar-refractivity contribution in [2.24, 2.45) is 7.05 Å². The van der Waals surface area contributed by atoms with Gasteiger partial charge in [-0.1, -0.05) is 5.10 Å². The average Bonchev–Trinajstić information content (AvgIpc) is 3.13. The highest BCUT2D eigenvalue weighted by atomic mass is 32.2. The summed E-state index contributed by atoms with van der Waals surface area (Å²) < 4.78 is 7.13. The average molecular weight is 329 g/mol. The number of anilines is 1. The van der Waals surface area contributed by atoms with Crippen LogP contribution in [0.3, 0.4) is 0 Å². The number of carbonyl (C=O) groups excluding carboxylic acids is 1. The number of aromatic nitrogens is 4. The fourth-order valence-corrected chi connectivity index (χ4v) is 2.51. The van der Waals surface area contributed by atoms with E-state index in [2.05, 4.69) is 20.6 Å². The van der Waals surface area contributed by atoms with E-state index in [0.717, 1.165) is 10.6 Å². The van der Waals surface area contributed by atoms with Crippen LogP contribution in [-0.4, -0.2) is 32.1 Å². The number of aryl methyl sites for hydroxylation is 2. The van der Waals surface area contributed by atoms with E-state index in [4.69, 9.17) is 4.42 Å². The molecule has 8 heteroatoms. The zero-order valence-corrected chi connectivity index (χ0v) is 13.7. The van der Waals surface area contributed by atoms with Gasteiger partial charge in [0.25, 0.3) is 11.8 Å². The molecule has 0 saturated heterocycles. The summed E-state index contributed by atoms with van der Waals surface area (Å²) in [6, 6.07) is 9.17. The Morgan fingerprint density at radius 1 is 1.26 bits per heavy atom. The summed E-state index contributed by atoms with van der Waals surface area (Å²) in [4.78, 5) is 13.3. The molecule has 0 spiro atoms. The molecule has 0 atom stereocenters. The van der Waals surface area contributed by atoms with E-state index in [-0.39, 0.29) is 11.9 Å². The molecule has 2 aromatic heterocycles. The Morgan fingerprint density at radius 3 is 2.61 bits per heavy atom. The summed E-state index contributed by atoms with van der Waals surface area (Å²) in [5.41, 5.74) is 2.07. The molecular formula is C15H15N5O2S. The highest BCUT2D eigenvalue weighted by molar-refractivity contribution is 7.98. The predicted octanol–water partition coefficient (Wildman–Crippen LogP) is 2.75. The number of benzene rings is 1. The van der Waals surface area contributed by atoms with Crippen molar-refractivity contribution in [2.45, 2.75) is 11.8 Å². The van der Waals surface area contributed by atoms with Gasteiger partial charge in [-0.05, 0) is 43.5 Å². The molecule has 3 aromatic rings. The molecule has 0 saturated carbocycles. The highest BCUT2D eigenvalue weighted by Gasteiger charge is 2.15. The molecule has 118 valence electrons. The van der Waals surface area contributed by atoms with Crippen LogP contribution in [0.25, 0.3) is 11.6 Å². The fraction of sp³-hybridized carbons (Fsp3) is 0.200. The van der Waals surface area contributed by atoms with Crippen LogP contribution in [0.1, 0.15) is 16.1 Å². The largest absolute Gasteiger partial charge is 0.401 e. The lowest BCUT2D eigenvalue weighted by molar-refractivity contribution is 0.102. The van der Waals surface area contributed by atoms with Crippen molar-refractivity contribution >= 4 is 23.7 Å². The van der Waals surface area contributed by atoms with Gasteiger partial charge >= 0.3 is 6.01 Å². The number of carbonyl (C=O) groups is 1. The SMILES string of the molecule is CSc1ccc(C(=O)Nc2nnc(-c3cc(C)nn3C)o2)cc1. The zero-order valence-electron chi connectivity index (χ0n) is 12.9. The van der Waals surface area contributed by atoms with Crippen molar-refractivity contribution in [3.8, 4) is 11.6 Å². The summed E-state index contributed by atoms with van der Waals surface area (Å²) in [5.74, 6) is 0.00942. The third-order valence-electron chi connectivity index (χ3n) is 3.22. The van der Waals surface area contributed by atoms with Crippen LogP contribution in [0.2, 0.25) is 0 Å². The normalized spacial score (nSPS) is 10.7. The van der Waals surface area contributed by atoms with Gasteiger partial charge < -0.3 is 4.42 Å². The minimum Gasteiger partial charge on any atom is -0.401 e. The zero-order chi connectivity index (χ0) is 16.4. The summed E-state index contributed by atoms with van der Waals surface area (Å²) in [7, 11) is 1.79. The third-order valence-corrected chi connectivity index (χ3v) is 3.96. The van der Waals surface area contributed by atoms with Gasteiger partial charge in [-0.3, -0.25) is 14.8 Å². The van der Waals surface area contributed by atoms with Gasteiger partial charge in [0.2, 0.25) is 0 Å². The summed E-state index contributed by atoms with van der Waals surface area (Å²) in [6.45, 7) is 1.88. The van der Waals surface area contributed by atoms with Crippen molar-refractivity contribution in [3.05, 3.63) is 41.6 Å². The van der Waals surface area contributed by atoms with E-state index in [1.54, 1.807) is 35.6 Å². The van der Waals surface area contributed by atoms with Gasteiger partial charge in [0.1, 0.15) is 5.69 Å². The van der Waals surface area contributed by atoms with Crippen LogP contribution < -0.4 is 5.32 Å². The molecular weight excluding hydrogens is 314 g/mol. The Morgan fingerprint density at radius 2 is 2.00 bits per heavy atom. The van der Waals surface area contributed by atoms with E-state index in [0.29, 0.717) is 17.1 Å². The van der Waals surface area contributed by atoms with Gasteiger partial charge in [-0.15, -0.1) is 16.9 Å². The Balaban J connectivity index is 1.75. The standard InChI is InChI=1S/C15H15N5O2S/c1-9-8-12(20(2)19-9)14-17-18-15(22-14)16-13(21)10-4-6-11(23-3)7-5-10/h4-8H,1-3H3,(H,16,18,21). The first-order chi connectivity index (χ1) is 11.1. The Bertz CT molecular complexity index is 838. The second kappa shape index (κ2) is 6.25. The van der Waals surface area contributed by atoms with Gasteiger partial charge in [0, 0.05) is 17.5 Å². The molecule has 1 amide bonds. The van der Waals surface area contributed by atoms with E-state index in [1.165, 1.54) is 0 Å². The van der Waals surface area contributed by atoms with Crippen LogP contribution >= 0.6 is 11.8 Å². The lowest BCUT2D eigenvalue weighted by atomic mass is 10.2. The molecule has 3 rings (SSSR count). The maximum atomic E-state index is 12.2. The number of hydrogen-bond donors (Lipinski definition) is 1. The van der Waals surface area contributed by atoms with Gasteiger partial charge in [0.15, 0.2) is 0 Å². The number of amides is 1. The van der Waals surface area contributed by atoms with Gasteiger partial charge in [-0.2, -0.15) is 5.10 Å². The smallest absolute Gasteiger partial charge is 0.322 e. The van der Waals surface area contributed by atoms with Crippen LogP contribution in [0.5, 0.6) is 0 Å². The molecule has 0 bridgehead atoms. The van der Waals surface area contributed by atoms with Crippen molar-refractivity contribution in [3.63, 3.8) is 0 Å². The van der Waals surface area contributed by atoms with Crippen molar-refractivity contribution in [2.75, 3.05) is 11.6 Å². The molecule has 23 heavy (non-hydrogen) atoms. The summed E-state index contributed by atoms with van der Waals surface area (Å²) in [5, 5.41) is 14.6. The fourth-order valence-electron chi connectivity index (χ4n) is 2.10. The van der Waals surface area contributed by atoms with Crippen LogP contribution in [-0.2, 0) is 7.05 Å². The molecule has 0 aliphatic rings. The molecule has 0 aliphatic heterocycles. The van der Waals surface area contributed by atoms with Crippen molar-refractivity contribution in [1.82, 2.24) is 20.0 Å². The van der Waals surface area contributed by atoms with Gasteiger partial charge in [-0.25, -0.2) is 0 Å². The van der Waals surface area contributed by atoms with Gasteiger partial charge in [0.05, 0.1) is 5.69 Å². The lowest BCUT2D eigenvalue weighted by Crippen LogP contribution is -2.11. The Labute approximate surface area is 137 Å². The van der Waals surface area contributed by atoms with Crippen LogP contribution in [0, 0.1) is 6.92 Å². The minimum absolute atomic E-state index is 0.0535. The molecule has 0 fully saturated rings. The predicted molar refractivity (Wildman–Crippen MR) is 87.4 cm³/mol. The maximum Gasteiger partial charge on any atom is 0.322 e. The Kier molecular flexibility index (Phi) is 4.16. The number of nitrogens with one attached hydrogen (secondary N) is 1. The monoisotopic (exact) mass is 329 g/mol. The van der Waals surface area contributed by atoms with E-state index >= 15 is 0 Å². The quantitative estimate of drug-likeness (QED) is 0.741. The van der Waals surface area contributed by atoms with Crippen LogP contribution in [0.15, 0.2) is 39.6 Å². The van der Waals surface area contributed by atoms with Crippen LogP contribution in [0.4, 0.5) is 6.01 Å². The molecule has 0 radical (unpaired) electrons. The molecule has 1 aromatic carbocycles. The van der Waals surface area contributed by atoms with Crippen molar-refractivity contribution in [1.29, 1.82) is 0 Å². The lowest BCUT2D eigenvalue weighted by Gasteiger charge is -2.01. The molecule has 1 N–H and O–H groups in total. The first-order valence-corrected chi connectivity index (χ1v) is 8.09. The highest BCUT2D eigenvalue weighted by Crippen LogP contribution is 2.21. The van der Waals surface area contributed by atoms with E-state index in [1.807, 2.05) is 31.4 Å². The summed E-state index contributed by atoms with van der Waals surface area (Å²) in [6.07, 6.45) is 1.98. The summed E-state index contributed by atoms with van der Waals surface area (Å²) >= 11 is 1.62. The van der Waals surface area contributed by atoms with E-state index < -0.39 is 0 Å². The maximum absolute atomic E-state index is 12.2. The Hall–Kier alpha value is -2.61. The first-order valence-electron chi connectivity index (χ1n) is 6.87. The minimum atomic E-state index is -0.297. The van der Waals surface area contributed by atoms with Crippen molar-refractivity contribution < 1.29 is 9.21 Å².